The number of carbonyl (C=O) groups excluding carboxylic acids is 2. The predicted molar refractivity (Wildman–Crippen MR) is 97.6 cm³/mol. The highest BCUT2D eigenvalue weighted by molar-refractivity contribution is 7.99. The molecule has 27 heavy (non-hydrogen) atoms. The van der Waals surface area contributed by atoms with Gasteiger partial charge in [-0.15, -0.1) is 11.8 Å². The molecule has 0 atom stereocenters. The smallest absolute Gasteiger partial charge is 0.398 e. The van der Waals surface area contributed by atoms with E-state index in [1.54, 1.807) is 36.1 Å². The van der Waals surface area contributed by atoms with Gasteiger partial charge in [0, 0.05) is 23.7 Å². The van der Waals surface area contributed by atoms with E-state index in [4.69, 9.17) is 4.74 Å². The lowest BCUT2D eigenvalue weighted by atomic mass is 9.97. The molecular weight excluding hydrogens is 381 g/mol. The Bertz CT molecular complexity index is 647. The minimum absolute atomic E-state index is 0.00629. The van der Waals surface area contributed by atoms with Crippen molar-refractivity contribution in [1.29, 1.82) is 0 Å². The van der Waals surface area contributed by atoms with Crippen LogP contribution in [0.2, 0.25) is 0 Å². The van der Waals surface area contributed by atoms with E-state index < -0.39 is 11.9 Å². The number of halogens is 3. The van der Waals surface area contributed by atoms with Crippen LogP contribution in [0, 0.1) is 5.92 Å². The molecule has 9 heteroatoms. The third kappa shape index (κ3) is 6.97. The van der Waals surface area contributed by atoms with E-state index in [0.717, 1.165) is 0 Å². The first-order chi connectivity index (χ1) is 12.8. The zero-order chi connectivity index (χ0) is 19.9. The average Bonchev–Trinajstić information content (AvgIpc) is 2.64. The summed E-state index contributed by atoms with van der Waals surface area (Å²) in [6, 6.07) is 6.61. The standard InChI is InChI=1S/C18H23F3N2O3S/c1-2-26-17(25)13-7-9-23(10-8-13)16(24)11-22-14-5-3-4-6-15(14)27-12-18(19,20)21/h3-6,13,22H,2,7-12H2,1H3. The van der Waals surface area contributed by atoms with Gasteiger partial charge in [-0.3, -0.25) is 9.59 Å². The number of piperidine rings is 1. The fraction of sp³-hybridized carbons (Fsp3) is 0.556. The number of anilines is 1. The normalized spacial score (nSPS) is 15.5. The number of ether oxygens (including phenoxy) is 1. The van der Waals surface area contributed by atoms with Crippen LogP contribution in [0.4, 0.5) is 18.9 Å². The molecule has 0 spiro atoms. The second-order valence-electron chi connectivity index (χ2n) is 6.16. The summed E-state index contributed by atoms with van der Waals surface area (Å²) in [6.45, 7) is 3.03. The van der Waals surface area contributed by atoms with Crippen LogP contribution in [0.25, 0.3) is 0 Å². The monoisotopic (exact) mass is 404 g/mol. The highest BCUT2D eigenvalue weighted by Crippen LogP contribution is 2.32. The molecule has 0 aromatic heterocycles. The number of benzene rings is 1. The van der Waals surface area contributed by atoms with Crippen LogP contribution in [0.1, 0.15) is 19.8 Å². The summed E-state index contributed by atoms with van der Waals surface area (Å²) in [7, 11) is 0. The Kier molecular flexibility index (Phi) is 7.82. The minimum atomic E-state index is -4.25. The van der Waals surface area contributed by atoms with E-state index in [-0.39, 0.29) is 24.3 Å². The van der Waals surface area contributed by atoms with Crippen molar-refractivity contribution < 1.29 is 27.5 Å². The van der Waals surface area contributed by atoms with Gasteiger partial charge in [-0.05, 0) is 31.9 Å². The van der Waals surface area contributed by atoms with Crippen molar-refractivity contribution in [2.75, 3.05) is 37.3 Å². The zero-order valence-electron chi connectivity index (χ0n) is 15.1. The number of esters is 1. The van der Waals surface area contributed by atoms with Gasteiger partial charge in [0.05, 0.1) is 24.8 Å². The van der Waals surface area contributed by atoms with Gasteiger partial charge < -0.3 is 15.0 Å². The number of nitrogens with zero attached hydrogens (tertiary/aromatic N) is 1. The number of thioether (sulfide) groups is 1. The quantitative estimate of drug-likeness (QED) is 0.556. The van der Waals surface area contributed by atoms with E-state index in [1.165, 1.54) is 0 Å². The van der Waals surface area contributed by atoms with Crippen molar-refractivity contribution in [2.45, 2.75) is 30.8 Å². The maximum atomic E-state index is 12.4. The Labute approximate surface area is 160 Å². The molecule has 0 aliphatic carbocycles. The molecule has 0 unspecified atom stereocenters. The Morgan fingerprint density at radius 3 is 2.56 bits per heavy atom. The van der Waals surface area contributed by atoms with Crippen LogP contribution < -0.4 is 5.32 Å². The van der Waals surface area contributed by atoms with Crippen molar-refractivity contribution in [2.24, 2.45) is 5.92 Å². The van der Waals surface area contributed by atoms with Gasteiger partial charge >= 0.3 is 12.1 Å². The number of para-hydroxylation sites is 1. The molecule has 1 aliphatic rings. The summed E-state index contributed by atoms with van der Waals surface area (Å²) < 4.78 is 42.3. The molecule has 0 bridgehead atoms. The molecule has 1 aliphatic heterocycles. The third-order valence-electron chi connectivity index (χ3n) is 4.18. The molecule has 1 N–H and O–H groups in total. The highest BCUT2D eigenvalue weighted by atomic mass is 32.2. The van der Waals surface area contributed by atoms with Gasteiger partial charge in [0.1, 0.15) is 0 Å². The van der Waals surface area contributed by atoms with E-state index in [2.05, 4.69) is 5.32 Å². The summed E-state index contributed by atoms with van der Waals surface area (Å²) >= 11 is 0.686. The summed E-state index contributed by atoms with van der Waals surface area (Å²) in [4.78, 5) is 26.2. The number of carbonyl (C=O) groups is 2. The number of alkyl halides is 3. The Hall–Kier alpha value is -1.90. The summed E-state index contributed by atoms with van der Waals surface area (Å²) in [5.41, 5.74) is 0.501. The number of nitrogens with one attached hydrogen (secondary N) is 1. The largest absolute Gasteiger partial charge is 0.466 e. The van der Waals surface area contributed by atoms with Gasteiger partial charge in [-0.1, -0.05) is 12.1 Å². The second-order valence-corrected chi connectivity index (χ2v) is 7.18. The Morgan fingerprint density at radius 1 is 1.26 bits per heavy atom. The van der Waals surface area contributed by atoms with Crippen LogP contribution >= 0.6 is 11.8 Å². The van der Waals surface area contributed by atoms with Crippen molar-refractivity contribution >= 4 is 29.3 Å². The first-order valence-electron chi connectivity index (χ1n) is 8.77. The maximum absolute atomic E-state index is 12.4. The minimum Gasteiger partial charge on any atom is -0.466 e. The van der Waals surface area contributed by atoms with Gasteiger partial charge in [0.15, 0.2) is 0 Å². The number of amides is 1. The predicted octanol–water partition coefficient (Wildman–Crippen LogP) is 3.55. The lowest BCUT2D eigenvalue weighted by molar-refractivity contribution is -0.151. The highest BCUT2D eigenvalue weighted by Gasteiger charge is 2.29. The maximum Gasteiger partial charge on any atom is 0.398 e. The number of likely N-dealkylation sites (tertiary alicyclic amines) is 1. The molecular formula is C18H23F3N2O3S. The van der Waals surface area contributed by atoms with Crippen molar-refractivity contribution in [3.05, 3.63) is 24.3 Å². The van der Waals surface area contributed by atoms with E-state index in [0.29, 0.717) is 54.9 Å². The molecule has 1 aromatic carbocycles. The summed E-state index contributed by atoms with van der Waals surface area (Å²) in [6.07, 6.45) is -3.14. The number of hydrogen-bond acceptors (Lipinski definition) is 5. The van der Waals surface area contributed by atoms with Crippen LogP contribution in [-0.2, 0) is 14.3 Å². The molecule has 1 saturated heterocycles. The molecule has 0 radical (unpaired) electrons. The topological polar surface area (TPSA) is 58.6 Å². The molecule has 5 nitrogen and oxygen atoms in total. The summed E-state index contributed by atoms with van der Waals surface area (Å²) in [5.74, 6) is -1.53. The fourth-order valence-electron chi connectivity index (χ4n) is 2.81. The van der Waals surface area contributed by atoms with Crippen molar-refractivity contribution in [3.8, 4) is 0 Å². The van der Waals surface area contributed by atoms with Crippen LogP contribution in [-0.4, -0.2) is 54.9 Å². The van der Waals surface area contributed by atoms with Gasteiger partial charge in [0.2, 0.25) is 5.91 Å². The van der Waals surface area contributed by atoms with Crippen LogP contribution in [0.3, 0.4) is 0 Å². The Morgan fingerprint density at radius 2 is 1.93 bits per heavy atom. The number of rotatable bonds is 7. The average molecular weight is 404 g/mol. The molecule has 1 amide bonds. The van der Waals surface area contributed by atoms with Gasteiger partial charge in [-0.2, -0.15) is 13.2 Å². The molecule has 2 rings (SSSR count). The SMILES string of the molecule is CCOC(=O)C1CCN(C(=O)CNc2ccccc2SCC(F)(F)F)CC1. The molecule has 1 aromatic rings. The number of hydrogen-bond donors (Lipinski definition) is 1. The lowest BCUT2D eigenvalue weighted by Crippen LogP contribution is -2.43. The van der Waals surface area contributed by atoms with Crippen molar-refractivity contribution in [3.63, 3.8) is 0 Å². The van der Waals surface area contributed by atoms with E-state index in [9.17, 15) is 22.8 Å². The van der Waals surface area contributed by atoms with E-state index >= 15 is 0 Å². The molecule has 150 valence electrons. The van der Waals surface area contributed by atoms with E-state index in [1.807, 2.05) is 0 Å². The Balaban J connectivity index is 1.83. The molecule has 0 saturated carbocycles. The van der Waals surface area contributed by atoms with Gasteiger partial charge in [-0.25, -0.2) is 0 Å². The van der Waals surface area contributed by atoms with Crippen LogP contribution in [0.15, 0.2) is 29.2 Å². The van der Waals surface area contributed by atoms with Crippen LogP contribution in [0.5, 0.6) is 0 Å². The first-order valence-corrected chi connectivity index (χ1v) is 9.75. The van der Waals surface area contributed by atoms with Gasteiger partial charge in [0.25, 0.3) is 0 Å². The summed E-state index contributed by atoms with van der Waals surface area (Å²) in [5, 5.41) is 2.93. The lowest BCUT2D eigenvalue weighted by Gasteiger charge is -2.31. The second kappa shape index (κ2) is 9.87. The zero-order valence-corrected chi connectivity index (χ0v) is 15.9. The first kappa shape index (κ1) is 21.4. The third-order valence-corrected chi connectivity index (χ3v) is 5.31. The molecule has 1 fully saturated rings. The van der Waals surface area contributed by atoms with Crippen molar-refractivity contribution in [1.82, 2.24) is 4.90 Å². The molecule has 1 heterocycles. The fourth-order valence-corrected chi connectivity index (χ4v) is 3.60.